The molecule has 0 unspecified atom stereocenters. The molecular weight excluding hydrogens is 262 g/mol. The molecule has 0 amide bonds. The molecule has 0 atom stereocenters. The Morgan fingerprint density at radius 1 is 1.00 bits per heavy atom. The summed E-state index contributed by atoms with van der Waals surface area (Å²) >= 11 is 0. The SMILES string of the molecule is O=C(CN1Cc2ccccc2C1)c1coc2ccccc12. The summed E-state index contributed by atoms with van der Waals surface area (Å²) in [4.78, 5) is 14.7. The molecule has 0 aliphatic carbocycles. The molecule has 2 aromatic carbocycles. The Bertz CT molecular complexity index is 794. The molecular formula is C18H15NO2. The number of hydrogen-bond donors (Lipinski definition) is 0. The fraction of sp³-hybridized carbons (Fsp3) is 0.167. The maximum atomic E-state index is 12.5. The van der Waals surface area contributed by atoms with Gasteiger partial charge in [-0.2, -0.15) is 0 Å². The minimum Gasteiger partial charge on any atom is -0.464 e. The van der Waals surface area contributed by atoms with Crippen molar-refractivity contribution in [2.24, 2.45) is 0 Å². The number of benzene rings is 2. The number of ketones is 1. The van der Waals surface area contributed by atoms with Gasteiger partial charge in [0.25, 0.3) is 0 Å². The first kappa shape index (κ1) is 12.4. The summed E-state index contributed by atoms with van der Waals surface area (Å²) in [6.07, 6.45) is 1.58. The monoisotopic (exact) mass is 277 g/mol. The average Bonchev–Trinajstić information content (AvgIpc) is 3.10. The maximum Gasteiger partial charge on any atom is 0.180 e. The Morgan fingerprint density at radius 3 is 2.43 bits per heavy atom. The summed E-state index contributed by atoms with van der Waals surface area (Å²) < 4.78 is 5.46. The van der Waals surface area contributed by atoms with Gasteiger partial charge >= 0.3 is 0 Å². The second kappa shape index (κ2) is 4.86. The van der Waals surface area contributed by atoms with Crippen molar-refractivity contribution in [2.75, 3.05) is 6.54 Å². The molecule has 0 fully saturated rings. The molecule has 0 spiro atoms. The summed E-state index contributed by atoms with van der Waals surface area (Å²) in [6, 6.07) is 16.0. The van der Waals surface area contributed by atoms with Gasteiger partial charge < -0.3 is 4.42 Å². The number of rotatable bonds is 3. The third-order valence-corrected chi connectivity index (χ3v) is 4.05. The molecule has 0 radical (unpaired) electrons. The number of carbonyl (C=O) groups is 1. The van der Waals surface area contributed by atoms with Crippen molar-refractivity contribution in [3.8, 4) is 0 Å². The molecule has 3 nitrogen and oxygen atoms in total. The lowest BCUT2D eigenvalue weighted by Crippen LogP contribution is -2.24. The molecule has 1 aromatic heterocycles. The van der Waals surface area contributed by atoms with Crippen molar-refractivity contribution < 1.29 is 9.21 Å². The third-order valence-electron chi connectivity index (χ3n) is 4.05. The van der Waals surface area contributed by atoms with Crippen LogP contribution in [0, 0.1) is 0 Å². The van der Waals surface area contributed by atoms with Crippen LogP contribution in [0.4, 0.5) is 0 Å². The molecule has 0 N–H and O–H groups in total. The molecule has 0 saturated heterocycles. The molecule has 104 valence electrons. The smallest absolute Gasteiger partial charge is 0.180 e. The highest BCUT2D eigenvalue weighted by atomic mass is 16.3. The second-order valence-corrected chi connectivity index (χ2v) is 5.48. The quantitative estimate of drug-likeness (QED) is 0.685. The summed E-state index contributed by atoms with van der Waals surface area (Å²) in [6.45, 7) is 2.12. The van der Waals surface area contributed by atoms with Gasteiger partial charge in [0.05, 0.1) is 12.1 Å². The van der Waals surface area contributed by atoms with Crippen LogP contribution in [0.3, 0.4) is 0 Å². The number of carbonyl (C=O) groups excluding carboxylic acids is 1. The van der Waals surface area contributed by atoms with Crippen molar-refractivity contribution in [2.45, 2.75) is 13.1 Å². The van der Waals surface area contributed by atoms with Crippen molar-refractivity contribution in [3.63, 3.8) is 0 Å². The van der Waals surface area contributed by atoms with Gasteiger partial charge in [-0.25, -0.2) is 0 Å². The minimum atomic E-state index is 0.118. The molecule has 4 rings (SSSR count). The van der Waals surface area contributed by atoms with Gasteiger partial charge in [0.15, 0.2) is 5.78 Å². The average molecular weight is 277 g/mol. The van der Waals surface area contributed by atoms with E-state index < -0.39 is 0 Å². The van der Waals surface area contributed by atoms with Crippen molar-refractivity contribution >= 4 is 16.8 Å². The van der Waals surface area contributed by atoms with E-state index in [2.05, 4.69) is 17.0 Å². The van der Waals surface area contributed by atoms with E-state index in [1.807, 2.05) is 36.4 Å². The summed E-state index contributed by atoms with van der Waals surface area (Å²) in [5.74, 6) is 0.118. The Morgan fingerprint density at radius 2 is 1.67 bits per heavy atom. The van der Waals surface area contributed by atoms with Gasteiger partial charge in [-0.1, -0.05) is 42.5 Å². The van der Waals surface area contributed by atoms with E-state index in [1.54, 1.807) is 6.26 Å². The van der Waals surface area contributed by atoms with E-state index >= 15 is 0 Å². The van der Waals surface area contributed by atoms with E-state index in [9.17, 15) is 4.79 Å². The maximum absolute atomic E-state index is 12.5. The van der Waals surface area contributed by atoms with E-state index in [-0.39, 0.29) is 5.78 Å². The predicted octanol–water partition coefficient (Wildman–Crippen LogP) is 3.63. The number of nitrogens with zero attached hydrogens (tertiary/aromatic N) is 1. The topological polar surface area (TPSA) is 33.5 Å². The largest absolute Gasteiger partial charge is 0.464 e. The van der Waals surface area contributed by atoms with Gasteiger partial charge in [-0.3, -0.25) is 9.69 Å². The molecule has 0 saturated carbocycles. The zero-order valence-corrected chi connectivity index (χ0v) is 11.6. The van der Waals surface area contributed by atoms with Gasteiger partial charge in [0, 0.05) is 18.5 Å². The first-order valence-electron chi connectivity index (χ1n) is 7.10. The van der Waals surface area contributed by atoms with Crippen LogP contribution in [-0.2, 0) is 13.1 Å². The van der Waals surface area contributed by atoms with Crippen LogP contribution >= 0.6 is 0 Å². The molecule has 21 heavy (non-hydrogen) atoms. The van der Waals surface area contributed by atoms with Crippen LogP contribution in [0.15, 0.2) is 59.2 Å². The lowest BCUT2D eigenvalue weighted by Gasteiger charge is -2.12. The van der Waals surface area contributed by atoms with Crippen LogP contribution in [0.1, 0.15) is 21.5 Å². The van der Waals surface area contributed by atoms with Gasteiger partial charge in [0.1, 0.15) is 11.8 Å². The lowest BCUT2D eigenvalue weighted by molar-refractivity contribution is 0.0930. The van der Waals surface area contributed by atoms with Gasteiger partial charge in [0.2, 0.25) is 0 Å². The Balaban J connectivity index is 1.55. The molecule has 3 heteroatoms. The van der Waals surface area contributed by atoms with E-state index in [4.69, 9.17) is 4.42 Å². The van der Waals surface area contributed by atoms with Gasteiger partial charge in [-0.15, -0.1) is 0 Å². The zero-order chi connectivity index (χ0) is 14.2. The predicted molar refractivity (Wildman–Crippen MR) is 81.1 cm³/mol. The Hall–Kier alpha value is -2.39. The van der Waals surface area contributed by atoms with Crippen LogP contribution in [0.25, 0.3) is 11.0 Å². The fourth-order valence-electron chi connectivity index (χ4n) is 3.00. The highest BCUT2D eigenvalue weighted by Crippen LogP contribution is 2.25. The molecule has 0 bridgehead atoms. The third kappa shape index (κ3) is 2.16. The zero-order valence-electron chi connectivity index (χ0n) is 11.6. The first-order valence-corrected chi connectivity index (χ1v) is 7.10. The first-order chi connectivity index (χ1) is 10.3. The van der Waals surface area contributed by atoms with E-state index in [0.717, 1.165) is 24.1 Å². The number of fused-ring (bicyclic) bond motifs is 2. The van der Waals surface area contributed by atoms with Gasteiger partial charge in [-0.05, 0) is 17.2 Å². The van der Waals surface area contributed by atoms with Crippen LogP contribution < -0.4 is 0 Å². The molecule has 2 heterocycles. The van der Waals surface area contributed by atoms with E-state index in [0.29, 0.717) is 12.1 Å². The number of hydrogen-bond acceptors (Lipinski definition) is 3. The number of para-hydroxylation sites is 1. The van der Waals surface area contributed by atoms with Crippen molar-refractivity contribution in [1.29, 1.82) is 0 Å². The van der Waals surface area contributed by atoms with Crippen molar-refractivity contribution in [1.82, 2.24) is 4.90 Å². The normalized spacial score (nSPS) is 14.5. The lowest BCUT2D eigenvalue weighted by atomic mass is 10.1. The Kier molecular flexibility index (Phi) is 2.86. The minimum absolute atomic E-state index is 0.118. The standard InChI is InChI=1S/C18H15NO2/c20-17(16-12-21-18-8-4-3-7-15(16)18)11-19-9-13-5-1-2-6-14(13)10-19/h1-8,12H,9-11H2. The van der Waals surface area contributed by atoms with Crippen LogP contribution in [0.2, 0.25) is 0 Å². The second-order valence-electron chi connectivity index (χ2n) is 5.48. The highest BCUT2D eigenvalue weighted by molar-refractivity contribution is 6.08. The molecule has 1 aliphatic heterocycles. The summed E-state index contributed by atoms with van der Waals surface area (Å²) in [7, 11) is 0. The summed E-state index contributed by atoms with van der Waals surface area (Å²) in [5.41, 5.74) is 4.09. The molecule has 1 aliphatic rings. The number of Topliss-reactive ketones (excluding diaryl/α,β-unsaturated/α-hetero) is 1. The molecule has 3 aromatic rings. The number of furan rings is 1. The fourth-order valence-corrected chi connectivity index (χ4v) is 3.00. The van der Waals surface area contributed by atoms with Crippen molar-refractivity contribution in [3.05, 3.63) is 71.5 Å². The van der Waals surface area contributed by atoms with Crippen LogP contribution in [0.5, 0.6) is 0 Å². The van der Waals surface area contributed by atoms with Crippen LogP contribution in [-0.4, -0.2) is 17.2 Å². The van der Waals surface area contributed by atoms with E-state index in [1.165, 1.54) is 11.1 Å². The summed E-state index contributed by atoms with van der Waals surface area (Å²) in [5, 5.41) is 0.902. The highest BCUT2D eigenvalue weighted by Gasteiger charge is 2.22. The Labute approximate surface area is 122 Å².